The largest absolute Gasteiger partial charge is 0.508 e. The van der Waals surface area contributed by atoms with E-state index in [9.17, 15) is 5.11 Å². The normalized spacial score (nSPS) is 18.1. The summed E-state index contributed by atoms with van der Waals surface area (Å²) in [6, 6.07) is 9.31. The molecule has 2 aromatic rings. The highest BCUT2D eigenvalue weighted by Crippen LogP contribution is 2.30. The molecule has 0 amide bonds. The van der Waals surface area contributed by atoms with Crippen LogP contribution in [0.15, 0.2) is 36.4 Å². The summed E-state index contributed by atoms with van der Waals surface area (Å²) in [4.78, 5) is 3.40. The molecule has 1 aromatic carbocycles. The van der Waals surface area contributed by atoms with Crippen molar-refractivity contribution in [2.45, 2.75) is 20.0 Å². The quantitative estimate of drug-likeness (QED) is 0.760. The highest BCUT2D eigenvalue weighted by Gasteiger charge is 2.14. The van der Waals surface area contributed by atoms with Crippen molar-refractivity contribution in [3.05, 3.63) is 42.1 Å². The minimum atomic E-state index is -0.0850. The molecule has 0 aliphatic carbocycles. The number of H-pyrrole nitrogens is 1. The van der Waals surface area contributed by atoms with Crippen LogP contribution in [0, 0.1) is 5.92 Å². The average Bonchev–Trinajstić information content (AvgIpc) is 3.15. The second kappa shape index (κ2) is 7.01. The van der Waals surface area contributed by atoms with Crippen molar-refractivity contribution in [2.24, 2.45) is 5.92 Å². The lowest BCUT2D eigenvalue weighted by Gasteiger charge is -2.14. The lowest BCUT2D eigenvalue weighted by molar-refractivity contribution is 0.0919. The number of hydrogen-bond acceptors (Lipinski definition) is 4. The number of hydrogen-bond donors (Lipinski definition) is 3. The Morgan fingerprint density at radius 1 is 1.25 bits per heavy atom. The van der Waals surface area contributed by atoms with Gasteiger partial charge in [0.25, 0.3) is 0 Å². The van der Waals surface area contributed by atoms with Gasteiger partial charge in [0.05, 0.1) is 18.0 Å². The molecule has 0 saturated heterocycles. The molecule has 0 saturated carbocycles. The number of aromatic amines is 1. The smallest absolute Gasteiger partial charge is 0.124 e. The Balaban J connectivity index is 1.83. The molecular formula is C19H24N2O3. The third-order valence-electron chi connectivity index (χ3n) is 3.98. The van der Waals surface area contributed by atoms with Crippen molar-refractivity contribution in [3.8, 4) is 22.8 Å². The Labute approximate surface area is 142 Å². The maximum absolute atomic E-state index is 10.0. The van der Waals surface area contributed by atoms with Crippen molar-refractivity contribution in [1.29, 1.82) is 0 Å². The Bertz CT molecular complexity index is 736. The molecular weight excluding hydrogens is 304 g/mol. The predicted molar refractivity (Wildman–Crippen MR) is 95.0 cm³/mol. The Kier molecular flexibility index (Phi) is 4.81. The minimum absolute atomic E-state index is 0.0850. The van der Waals surface area contributed by atoms with Gasteiger partial charge in [-0.2, -0.15) is 0 Å². The van der Waals surface area contributed by atoms with Crippen molar-refractivity contribution >= 4 is 5.70 Å². The van der Waals surface area contributed by atoms with E-state index in [0.717, 1.165) is 29.2 Å². The van der Waals surface area contributed by atoms with E-state index in [-0.39, 0.29) is 11.9 Å². The Morgan fingerprint density at radius 2 is 2.04 bits per heavy atom. The molecule has 0 fully saturated rings. The summed E-state index contributed by atoms with van der Waals surface area (Å²) in [6.45, 7) is 5.57. The topological polar surface area (TPSA) is 66.5 Å². The van der Waals surface area contributed by atoms with Crippen LogP contribution >= 0.6 is 0 Å². The number of rotatable bonds is 6. The molecule has 2 atom stereocenters. The summed E-state index contributed by atoms with van der Waals surface area (Å²) in [5.74, 6) is 1.34. The highest BCUT2D eigenvalue weighted by molar-refractivity contribution is 5.70. The van der Waals surface area contributed by atoms with Gasteiger partial charge in [-0.15, -0.1) is 0 Å². The zero-order valence-electron chi connectivity index (χ0n) is 14.3. The first-order chi connectivity index (χ1) is 11.5. The fraction of sp³-hybridized carbons (Fsp3) is 0.368. The van der Waals surface area contributed by atoms with Crippen LogP contribution in [0.4, 0.5) is 0 Å². The van der Waals surface area contributed by atoms with Crippen LogP contribution in [0.5, 0.6) is 11.5 Å². The number of aromatic nitrogens is 1. The molecule has 1 aliphatic rings. The average molecular weight is 328 g/mol. The number of benzene rings is 1. The van der Waals surface area contributed by atoms with Gasteiger partial charge in [0.2, 0.25) is 0 Å². The van der Waals surface area contributed by atoms with Crippen LogP contribution in [-0.4, -0.2) is 36.5 Å². The van der Waals surface area contributed by atoms with E-state index >= 15 is 0 Å². The summed E-state index contributed by atoms with van der Waals surface area (Å²) in [6.07, 6.45) is 2.14. The van der Waals surface area contributed by atoms with Gasteiger partial charge in [0.15, 0.2) is 0 Å². The van der Waals surface area contributed by atoms with Gasteiger partial charge in [0.1, 0.15) is 17.6 Å². The number of ether oxygens (including phenoxy) is 2. The molecule has 0 spiro atoms. The zero-order valence-corrected chi connectivity index (χ0v) is 14.3. The second-order valence-electron chi connectivity index (χ2n) is 6.32. The monoisotopic (exact) mass is 328 g/mol. The van der Waals surface area contributed by atoms with Gasteiger partial charge in [-0.05, 0) is 37.1 Å². The molecule has 1 aromatic heterocycles. The maximum Gasteiger partial charge on any atom is 0.124 e. The summed E-state index contributed by atoms with van der Waals surface area (Å²) in [5, 5.41) is 13.4. The Hall–Kier alpha value is -2.40. The minimum Gasteiger partial charge on any atom is -0.508 e. The molecule has 5 nitrogen and oxygen atoms in total. The molecule has 0 radical (unpaired) electrons. The SMILES string of the molecule is COC[C@H](C)Oc1cc(O)cc(-c2ccc(C3=C[C@@H](C)CN3)[nH]2)c1. The number of methoxy groups -OCH3 is 1. The van der Waals surface area contributed by atoms with Gasteiger partial charge >= 0.3 is 0 Å². The second-order valence-corrected chi connectivity index (χ2v) is 6.32. The molecule has 1 aliphatic heterocycles. The van der Waals surface area contributed by atoms with E-state index in [2.05, 4.69) is 23.3 Å². The van der Waals surface area contributed by atoms with Crippen molar-refractivity contribution in [1.82, 2.24) is 10.3 Å². The first kappa shape index (κ1) is 16.5. The summed E-state index contributed by atoms with van der Waals surface area (Å²) < 4.78 is 10.9. The molecule has 2 heterocycles. The summed E-state index contributed by atoms with van der Waals surface area (Å²) in [5.41, 5.74) is 3.99. The van der Waals surface area contributed by atoms with Crippen LogP contribution in [0.1, 0.15) is 19.5 Å². The van der Waals surface area contributed by atoms with Crippen LogP contribution in [0.2, 0.25) is 0 Å². The van der Waals surface area contributed by atoms with Crippen LogP contribution in [-0.2, 0) is 4.74 Å². The fourth-order valence-corrected chi connectivity index (χ4v) is 2.89. The van der Waals surface area contributed by atoms with Crippen LogP contribution in [0.3, 0.4) is 0 Å². The van der Waals surface area contributed by atoms with Gasteiger partial charge in [-0.3, -0.25) is 0 Å². The molecule has 3 rings (SSSR count). The standard InChI is InChI=1S/C19H24N2O3/c1-12-6-19(20-10-12)18-5-4-17(21-18)14-7-15(22)9-16(8-14)24-13(2)11-23-3/h4-9,12-13,20-22H,10-11H2,1-3H3/t12-,13+/m1/s1. The number of phenols is 1. The van der Waals surface area contributed by atoms with E-state index in [4.69, 9.17) is 9.47 Å². The molecule has 5 heteroatoms. The number of nitrogens with one attached hydrogen (secondary N) is 2. The van der Waals surface area contributed by atoms with E-state index in [1.54, 1.807) is 19.2 Å². The Morgan fingerprint density at radius 3 is 2.75 bits per heavy atom. The van der Waals surface area contributed by atoms with E-state index in [1.807, 2.05) is 25.1 Å². The zero-order chi connectivity index (χ0) is 17.1. The first-order valence-corrected chi connectivity index (χ1v) is 8.20. The van der Waals surface area contributed by atoms with Gasteiger partial charge < -0.3 is 24.9 Å². The summed E-state index contributed by atoms with van der Waals surface area (Å²) >= 11 is 0. The molecule has 24 heavy (non-hydrogen) atoms. The lowest BCUT2D eigenvalue weighted by Crippen LogP contribution is -2.17. The van der Waals surface area contributed by atoms with Crippen molar-refractivity contribution in [3.63, 3.8) is 0 Å². The third kappa shape index (κ3) is 3.74. The molecule has 0 unspecified atom stereocenters. The van der Waals surface area contributed by atoms with Gasteiger partial charge in [-0.1, -0.05) is 13.0 Å². The van der Waals surface area contributed by atoms with E-state index in [0.29, 0.717) is 18.3 Å². The highest BCUT2D eigenvalue weighted by atomic mass is 16.5. The van der Waals surface area contributed by atoms with Crippen LogP contribution in [0.25, 0.3) is 17.0 Å². The van der Waals surface area contributed by atoms with Crippen molar-refractivity contribution < 1.29 is 14.6 Å². The number of phenolic OH excluding ortho intramolecular Hbond substituents is 1. The number of aromatic hydroxyl groups is 1. The third-order valence-corrected chi connectivity index (χ3v) is 3.98. The molecule has 3 N–H and O–H groups in total. The first-order valence-electron chi connectivity index (χ1n) is 8.20. The van der Waals surface area contributed by atoms with E-state index in [1.165, 1.54) is 0 Å². The maximum atomic E-state index is 10.0. The van der Waals surface area contributed by atoms with E-state index < -0.39 is 0 Å². The predicted octanol–water partition coefficient (Wildman–Crippen LogP) is 3.38. The summed E-state index contributed by atoms with van der Waals surface area (Å²) in [7, 11) is 1.64. The fourth-order valence-electron chi connectivity index (χ4n) is 2.89. The molecule has 128 valence electrons. The van der Waals surface area contributed by atoms with Crippen molar-refractivity contribution in [2.75, 3.05) is 20.3 Å². The molecule has 0 bridgehead atoms. The van der Waals surface area contributed by atoms with Gasteiger partial charge in [0, 0.05) is 31.0 Å². The van der Waals surface area contributed by atoms with Crippen LogP contribution < -0.4 is 10.1 Å². The van der Waals surface area contributed by atoms with Gasteiger partial charge in [-0.25, -0.2) is 0 Å². The lowest BCUT2D eigenvalue weighted by atomic mass is 10.1.